The van der Waals surface area contributed by atoms with E-state index in [9.17, 15) is 14.7 Å². The van der Waals surface area contributed by atoms with E-state index in [2.05, 4.69) is 16.0 Å². The van der Waals surface area contributed by atoms with Gasteiger partial charge in [0.2, 0.25) is 11.8 Å². The lowest BCUT2D eigenvalue weighted by Crippen LogP contribution is -2.60. The highest BCUT2D eigenvalue weighted by Crippen LogP contribution is 2.35. The molecular formula is C28H43N5O5. The van der Waals surface area contributed by atoms with Crippen LogP contribution in [0.2, 0.25) is 0 Å². The minimum Gasteiger partial charge on any atom is -0.446 e. The molecule has 5 atom stereocenters. The number of aliphatic hydroxyl groups is 1. The van der Waals surface area contributed by atoms with Crippen molar-refractivity contribution in [1.82, 2.24) is 25.8 Å². The van der Waals surface area contributed by atoms with Crippen molar-refractivity contribution in [3.8, 4) is 11.3 Å². The second-order valence-electron chi connectivity index (χ2n) is 12.0. The van der Waals surface area contributed by atoms with Crippen LogP contribution in [-0.2, 0) is 9.53 Å². The number of aliphatic hydroxyl groups excluding tert-OH is 1. The van der Waals surface area contributed by atoms with Crippen molar-refractivity contribution in [1.29, 1.82) is 0 Å². The van der Waals surface area contributed by atoms with E-state index in [1.54, 1.807) is 38.9 Å². The van der Waals surface area contributed by atoms with E-state index in [1.807, 2.05) is 58.2 Å². The summed E-state index contributed by atoms with van der Waals surface area (Å²) in [6.07, 6.45) is 0.433. The summed E-state index contributed by atoms with van der Waals surface area (Å²) in [5.41, 5.74) is 0.440. The Labute approximate surface area is 225 Å². The molecule has 2 heterocycles. The van der Waals surface area contributed by atoms with E-state index in [0.29, 0.717) is 24.6 Å². The van der Waals surface area contributed by atoms with Crippen molar-refractivity contribution in [3.05, 3.63) is 42.5 Å². The molecule has 0 aliphatic carbocycles. The van der Waals surface area contributed by atoms with Gasteiger partial charge in [0, 0.05) is 18.2 Å². The summed E-state index contributed by atoms with van der Waals surface area (Å²) in [6, 6.07) is 7.99. The van der Waals surface area contributed by atoms with E-state index in [1.165, 1.54) is 0 Å². The van der Waals surface area contributed by atoms with Crippen LogP contribution in [0, 0.1) is 5.41 Å². The number of carbonyl (C=O) groups is 2. The summed E-state index contributed by atoms with van der Waals surface area (Å²) < 4.78 is 11.2. The first-order chi connectivity index (χ1) is 17.7. The number of hydrogen-bond donors (Lipinski definition) is 4. The van der Waals surface area contributed by atoms with Crippen molar-refractivity contribution in [2.75, 3.05) is 13.6 Å². The highest BCUT2D eigenvalue weighted by Gasteiger charge is 2.44. The number of aromatic nitrogens is 1. The van der Waals surface area contributed by atoms with E-state index in [-0.39, 0.29) is 18.0 Å². The van der Waals surface area contributed by atoms with Gasteiger partial charge in [0.05, 0.1) is 12.1 Å². The molecule has 1 fully saturated rings. The van der Waals surface area contributed by atoms with Gasteiger partial charge >= 0.3 is 6.09 Å². The fourth-order valence-corrected chi connectivity index (χ4v) is 4.45. The molecule has 10 nitrogen and oxygen atoms in total. The number of ether oxygens (including phenoxy) is 1. The van der Waals surface area contributed by atoms with Gasteiger partial charge in [0.25, 0.3) is 0 Å². The van der Waals surface area contributed by atoms with Gasteiger partial charge in [-0.15, -0.1) is 0 Å². The molecule has 10 heteroatoms. The second kappa shape index (κ2) is 11.8. The number of hydrogen-bond acceptors (Lipinski definition) is 8. The third kappa shape index (κ3) is 7.55. The SMILES string of the molecule is CNC1CC(c2nc(-c3ccccc3)co2)N(C(=O)C(NC(O)C(C)NC(=O)OC(C)(C)C)C(C)(C)C)C1. The Bertz CT molecular complexity index is 1080. The summed E-state index contributed by atoms with van der Waals surface area (Å²) >= 11 is 0. The highest BCUT2D eigenvalue weighted by molar-refractivity contribution is 5.83. The van der Waals surface area contributed by atoms with E-state index < -0.39 is 35.4 Å². The average molecular weight is 530 g/mol. The zero-order valence-electron chi connectivity index (χ0n) is 23.7. The number of likely N-dealkylation sites (tertiary alicyclic amines) is 1. The fraction of sp³-hybridized carbons (Fsp3) is 0.607. The first-order valence-electron chi connectivity index (χ1n) is 13.1. The lowest BCUT2D eigenvalue weighted by Gasteiger charge is -2.37. The number of amides is 2. The summed E-state index contributed by atoms with van der Waals surface area (Å²) in [6.45, 7) is 13.2. The van der Waals surface area contributed by atoms with Gasteiger partial charge in [-0.25, -0.2) is 9.78 Å². The topological polar surface area (TPSA) is 129 Å². The first-order valence-corrected chi connectivity index (χ1v) is 13.1. The number of rotatable bonds is 8. The fourth-order valence-electron chi connectivity index (χ4n) is 4.45. The molecule has 0 spiro atoms. The molecular weight excluding hydrogens is 486 g/mol. The third-order valence-corrected chi connectivity index (χ3v) is 6.54. The molecule has 0 bridgehead atoms. The number of alkyl carbamates (subject to hydrolysis) is 1. The maximum Gasteiger partial charge on any atom is 0.408 e. The first kappa shape index (κ1) is 29.6. The van der Waals surface area contributed by atoms with Crippen LogP contribution in [0.5, 0.6) is 0 Å². The molecule has 2 aromatic rings. The zero-order valence-corrected chi connectivity index (χ0v) is 23.7. The zero-order chi connectivity index (χ0) is 28.3. The van der Waals surface area contributed by atoms with Crippen LogP contribution in [0.15, 0.2) is 41.0 Å². The predicted molar refractivity (Wildman–Crippen MR) is 145 cm³/mol. The molecule has 4 N–H and O–H groups in total. The van der Waals surface area contributed by atoms with Gasteiger partial charge in [-0.1, -0.05) is 51.1 Å². The lowest BCUT2D eigenvalue weighted by atomic mass is 9.85. The van der Waals surface area contributed by atoms with Crippen molar-refractivity contribution in [2.45, 2.75) is 90.9 Å². The Morgan fingerprint density at radius 1 is 1.16 bits per heavy atom. The van der Waals surface area contributed by atoms with Gasteiger partial charge in [0.1, 0.15) is 29.8 Å². The molecule has 5 unspecified atom stereocenters. The van der Waals surface area contributed by atoms with Crippen LogP contribution in [-0.4, -0.2) is 70.5 Å². The number of nitrogens with one attached hydrogen (secondary N) is 3. The smallest absolute Gasteiger partial charge is 0.408 e. The van der Waals surface area contributed by atoms with E-state index in [0.717, 1.165) is 5.56 Å². The Kier molecular flexibility index (Phi) is 9.22. The number of likely N-dealkylation sites (N-methyl/N-ethyl adjacent to an activating group) is 1. The van der Waals surface area contributed by atoms with Gasteiger partial charge in [-0.05, 0) is 46.6 Å². The summed E-state index contributed by atoms with van der Waals surface area (Å²) in [4.78, 5) is 32.7. The normalized spacial score (nSPS) is 20.6. The third-order valence-electron chi connectivity index (χ3n) is 6.54. The van der Waals surface area contributed by atoms with Gasteiger partial charge in [-0.2, -0.15) is 0 Å². The molecule has 1 aromatic heterocycles. The van der Waals surface area contributed by atoms with Crippen LogP contribution in [0.3, 0.4) is 0 Å². The highest BCUT2D eigenvalue weighted by atomic mass is 16.6. The molecule has 2 amide bonds. The summed E-state index contributed by atoms with van der Waals surface area (Å²) in [5.74, 6) is 0.298. The Morgan fingerprint density at radius 3 is 2.39 bits per heavy atom. The molecule has 210 valence electrons. The standard InChI is InChI=1S/C28H43N5O5/c1-17(30-26(36)38-28(5,6)7)23(34)32-22(27(2,3)4)25(35)33-15-19(29-8)14-21(33)24-31-20(16-37-24)18-12-10-9-11-13-18/h9-13,16-17,19,21-23,29,32,34H,14-15H2,1-8H3,(H,30,36). The molecule has 38 heavy (non-hydrogen) atoms. The van der Waals surface area contributed by atoms with Crippen molar-refractivity contribution >= 4 is 12.0 Å². The van der Waals surface area contributed by atoms with Gasteiger partial charge in [-0.3, -0.25) is 10.1 Å². The molecule has 1 saturated heterocycles. The minimum absolute atomic E-state index is 0.0642. The molecule has 3 rings (SSSR count). The molecule has 1 aliphatic rings. The lowest BCUT2D eigenvalue weighted by molar-refractivity contribution is -0.139. The molecule has 1 aliphatic heterocycles. The van der Waals surface area contributed by atoms with E-state index in [4.69, 9.17) is 14.1 Å². The number of benzene rings is 1. The van der Waals surface area contributed by atoms with Crippen molar-refractivity contribution in [2.24, 2.45) is 5.41 Å². The number of nitrogens with zero attached hydrogens (tertiary/aromatic N) is 2. The molecule has 0 saturated carbocycles. The average Bonchev–Trinajstić information content (AvgIpc) is 3.47. The maximum atomic E-state index is 14.0. The van der Waals surface area contributed by atoms with Gasteiger partial charge < -0.3 is 29.8 Å². The Balaban J connectivity index is 1.79. The summed E-state index contributed by atoms with van der Waals surface area (Å²) in [7, 11) is 1.87. The number of oxazole rings is 1. The largest absolute Gasteiger partial charge is 0.446 e. The Hall–Kier alpha value is -2.95. The van der Waals surface area contributed by atoms with Crippen molar-refractivity contribution < 1.29 is 23.8 Å². The molecule has 1 aromatic carbocycles. The quantitative estimate of drug-likeness (QED) is 0.383. The van der Waals surface area contributed by atoms with Crippen LogP contribution >= 0.6 is 0 Å². The second-order valence-corrected chi connectivity index (χ2v) is 12.0. The van der Waals surface area contributed by atoms with Crippen LogP contribution < -0.4 is 16.0 Å². The van der Waals surface area contributed by atoms with Crippen LogP contribution in [0.4, 0.5) is 4.79 Å². The van der Waals surface area contributed by atoms with Crippen LogP contribution in [0.25, 0.3) is 11.3 Å². The number of carbonyl (C=O) groups excluding carboxylic acids is 2. The van der Waals surface area contributed by atoms with E-state index >= 15 is 0 Å². The van der Waals surface area contributed by atoms with Gasteiger partial charge in [0.15, 0.2) is 0 Å². The predicted octanol–water partition coefficient (Wildman–Crippen LogP) is 3.44. The summed E-state index contributed by atoms with van der Waals surface area (Å²) in [5, 5.41) is 19.9. The monoisotopic (exact) mass is 529 g/mol. The molecule has 0 radical (unpaired) electrons. The van der Waals surface area contributed by atoms with Crippen molar-refractivity contribution in [3.63, 3.8) is 0 Å². The maximum absolute atomic E-state index is 14.0. The Morgan fingerprint density at radius 2 is 1.82 bits per heavy atom. The minimum atomic E-state index is -1.19. The van der Waals surface area contributed by atoms with Crippen LogP contribution in [0.1, 0.15) is 66.8 Å².